The molecule has 2 aliphatic rings. The van der Waals surface area contributed by atoms with E-state index in [9.17, 15) is 4.79 Å². The van der Waals surface area contributed by atoms with Crippen molar-refractivity contribution in [3.8, 4) is 17.2 Å². The molecule has 1 unspecified atom stereocenters. The quantitative estimate of drug-likeness (QED) is 0.827. The van der Waals surface area contributed by atoms with Crippen LogP contribution in [0.1, 0.15) is 6.92 Å². The monoisotopic (exact) mass is 279 g/mol. The molecule has 0 aliphatic carbocycles. The Morgan fingerprint density at radius 2 is 2.00 bits per heavy atom. The Bertz CT molecular complexity index is 498. The average molecular weight is 279 g/mol. The van der Waals surface area contributed by atoms with Gasteiger partial charge in [-0.05, 0) is 19.1 Å². The lowest BCUT2D eigenvalue weighted by molar-refractivity contribution is -0.142. The summed E-state index contributed by atoms with van der Waals surface area (Å²) in [6, 6.07) is 5.30. The normalized spacial score (nSPS) is 18.8. The van der Waals surface area contributed by atoms with Gasteiger partial charge in [0, 0.05) is 19.2 Å². The minimum Gasteiger partial charge on any atom is -0.481 e. The zero-order valence-corrected chi connectivity index (χ0v) is 11.3. The number of carbonyl (C=O) groups excluding carboxylic acids is 1. The molecule has 6 nitrogen and oxygen atoms in total. The van der Waals surface area contributed by atoms with Crippen molar-refractivity contribution < 1.29 is 23.7 Å². The molecule has 1 fully saturated rings. The third kappa shape index (κ3) is 2.65. The lowest BCUT2D eigenvalue weighted by Crippen LogP contribution is -2.46. The molecule has 0 aromatic heterocycles. The predicted molar refractivity (Wildman–Crippen MR) is 70.1 cm³/mol. The fourth-order valence-corrected chi connectivity index (χ4v) is 2.25. The molecule has 1 aromatic rings. The van der Waals surface area contributed by atoms with E-state index < -0.39 is 6.10 Å². The third-order valence-corrected chi connectivity index (χ3v) is 3.33. The van der Waals surface area contributed by atoms with Gasteiger partial charge in [-0.2, -0.15) is 0 Å². The second-order valence-corrected chi connectivity index (χ2v) is 4.71. The lowest BCUT2D eigenvalue weighted by atomic mass is 10.2. The number of rotatable bonds is 3. The SMILES string of the molecule is CC(Oc1ccc2c(c1)OCO2)C(=O)N1CCOCC1. The summed E-state index contributed by atoms with van der Waals surface area (Å²) in [4.78, 5) is 14.0. The molecule has 1 aromatic carbocycles. The number of benzene rings is 1. The fourth-order valence-electron chi connectivity index (χ4n) is 2.25. The largest absolute Gasteiger partial charge is 0.481 e. The zero-order valence-electron chi connectivity index (χ0n) is 11.3. The lowest BCUT2D eigenvalue weighted by Gasteiger charge is -2.29. The van der Waals surface area contributed by atoms with Crippen molar-refractivity contribution in [1.29, 1.82) is 0 Å². The Labute approximate surface area is 117 Å². The number of nitrogens with zero attached hydrogens (tertiary/aromatic N) is 1. The van der Waals surface area contributed by atoms with Gasteiger partial charge in [-0.25, -0.2) is 0 Å². The molecule has 2 aliphatic heterocycles. The highest BCUT2D eigenvalue weighted by atomic mass is 16.7. The van der Waals surface area contributed by atoms with Gasteiger partial charge in [0.05, 0.1) is 13.2 Å². The molecule has 0 spiro atoms. The van der Waals surface area contributed by atoms with Crippen LogP contribution in [0.25, 0.3) is 0 Å². The van der Waals surface area contributed by atoms with Gasteiger partial charge in [0.15, 0.2) is 17.6 Å². The molecular formula is C14H17NO5. The Kier molecular flexibility index (Phi) is 3.64. The van der Waals surface area contributed by atoms with Gasteiger partial charge in [0.25, 0.3) is 5.91 Å². The smallest absolute Gasteiger partial charge is 0.263 e. The fraction of sp³-hybridized carbons (Fsp3) is 0.500. The second kappa shape index (κ2) is 5.58. The molecule has 6 heteroatoms. The van der Waals surface area contributed by atoms with Crippen LogP contribution in [0.3, 0.4) is 0 Å². The molecule has 0 radical (unpaired) electrons. The predicted octanol–water partition coefficient (Wildman–Crippen LogP) is 1.04. The van der Waals surface area contributed by atoms with Gasteiger partial charge >= 0.3 is 0 Å². The van der Waals surface area contributed by atoms with Gasteiger partial charge < -0.3 is 23.8 Å². The van der Waals surface area contributed by atoms with Crippen molar-refractivity contribution in [2.45, 2.75) is 13.0 Å². The van der Waals surface area contributed by atoms with Crippen LogP contribution in [0.15, 0.2) is 18.2 Å². The first kappa shape index (κ1) is 13.1. The molecule has 0 bridgehead atoms. The molecule has 108 valence electrons. The van der Waals surface area contributed by atoms with Gasteiger partial charge in [-0.3, -0.25) is 4.79 Å². The number of ether oxygens (including phenoxy) is 4. The molecule has 1 amide bonds. The number of hydrogen-bond acceptors (Lipinski definition) is 5. The van der Waals surface area contributed by atoms with Gasteiger partial charge in [-0.15, -0.1) is 0 Å². The van der Waals surface area contributed by atoms with Crippen LogP contribution < -0.4 is 14.2 Å². The van der Waals surface area contributed by atoms with Crippen molar-refractivity contribution >= 4 is 5.91 Å². The summed E-state index contributed by atoms with van der Waals surface area (Å²) in [5.74, 6) is 1.92. The number of hydrogen-bond donors (Lipinski definition) is 0. The van der Waals surface area contributed by atoms with Crippen LogP contribution in [0.2, 0.25) is 0 Å². The van der Waals surface area contributed by atoms with E-state index >= 15 is 0 Å². The van der Waals surface area contributed by atoms with Crippen LogP contribution in [0, 0.1) is 0 Å². The number of carbonyl (C=O) groups is 1. The second-order valence-electron chi connectivity index (χ2n) is 4.71. The molecule has 2 heterocycles. The van der Waals surface area contributed by atoms with Gasteiger partial charge in [0.1, 0.15) is 5.75 Å². The van der Waals surface area contributed by atoms with E-state index in [0.717, 1.165) is 0 Å². The summed E-state index contributed by atoms with van der Waals surface area (Å²) >= 11 is 0. The van der Waals surface area contributed by atoms with E-state index in [4.69, 9.17) is 18.9 Å². The number of fused-ring (bicyclic) bond motifs is 1. The first-order valence-corrected chi connectivity index (χ1v) is 6.67. The Morgan fingerprint density at radius 1 is 1.25 bits per heavy atom. The van der Waals surface area contributed by atoms with Crippen molar-refractivity contribution in [3.63, 3.8) is 0 Å². The Morgan fingerprint density at radius 3 is 2.80 bits per heavy atom. The van der Waals surface area contributed by atoms with E-state index in [1.165, 1.54) is 0 Å². The maximum atomic E-state index is 12.2. The van der Waals surface area contributed by atoms with Crippen LogP contribution in [-0.2, 0) is 9.53 Å². The summed E-state index contributed by atoms with van der Waals surface area (Å²) in [5.41, 5.74) is 0. The van der Waals surface area contributed by atoms with Crippen LogP contribution in [-0.4, -0.2) is 50.0 Å². The maximum Gasteiger partial charge on any atom is 0.263 e. The number of amides is 1. The van der Waals surface area contributed by atoms with Crippen molar-refractivity contribution in [1.82, 2.24) is 4.90 Å². The van der Waals surface area contributed by atoms with Crippen molar-refractivity contribution in [2.24, 2.45) is 0 Å². The van der Waals surface area contributed by atoms with Crippen LogP contribution in [0.4, 0.5) is 0 Å². The van der Waals surface area contributed by atoms with Crippen LogP contribution >= 0.6 is 0 Å². The average Bonchev–Trinajstić information content (AvgIpc) is 2.95. The van der Waals surface area contributed by atoms with E-state index in [1.54, 1.807) is 30.0 Å². The third-order valence-electron chi connectivity index (χ3n) is 3.33. The summed E-state index contributed by atoms with van der Waals surface area (Å²) in [6.07, 6.45) is -0.534. The van der Waals surface area contributed by atoms with Crippen molar-refractivity contribution in [3.05, 3.63) is 18.2 Å². The zero-order chi connectivity index (χ0) is 13.9. The van der Waals surface area contributed by atoms with E-state index in [0.29, 0.717) is 43.6 Å². The van der Waals surface area contributed by atoms with E-state index in [-0.39, 0.29) is 12.7 Å². The van der Waals surface area contributed by atoms with Crippen molar-refractivity contribution in [2.75, 3.05) is 33.1 Å². The minimum atomic E-state index is -0.534. The topological polar surface area (TPSA) is 57.2 Å². The van der Waals surface area contributed by atoms with E-state index in [1.807, 2.05) is 0 Å². The van der Waals surface area contributed by atoms with Gasteiger partial charge in [0.2, 0.25) is 6.79 Å². The highest BCUT2D eigenvalue weighted by molar-refractivity contribution is 5.81. The maximum absolute atomic E-state index is 12.2. The molecule has 1 atom stereocenters. The summed E-state index contributed by atoms with van der Waals surface area (Å²) in [7, 11) is 0. The van der Waals surface area contributed by atoms with E-state index in [2.05, 4.69) is 0 Å². The first-order valence-electron chi connectivity index (χ1n) is 6.67. The summed E-state index contributed by atoms with van der Waals surface area (Å²) in [5, 5.41) is 0. The number of morpholine rings is 1. The minimum absolute atomic E-state index is 0.0223. The van der Waals surface area contributed by atoms with Gasteiger partial charge in [-0.1, -0.05) is 0 Å². The molecule has 0 saturated carbocycles. The summed E-state index contributed by atoms with van der Waals surface area (Å²) in [6.45, 7) is 4.38. The standard InChI is InChI=1S/C14H17NO5/c1-10(14(16)15-4-6-17-7-5-15)20-11-2-3-12-13(8-11)19-9-18-12/h2-3,8,10H,4-7,9H2,1H3. The molecule has 20 heavy (non-hydrogen) atoms. The highest BCUT2D eigenvalue weighted by Crippen LogP contribution is 2.35. The Balaban J connectivity index is 1.63. The molecule has 1 saturated heterocycles. The summed E-state index contributed by atoms with van der Waals surface area (Å²) < 4.78 is 21.4. The molecule has 0 N–H and O–H groups in total. The first-order chi connectivity index (χ1) is 9.74. The Hall–Kier alpha value is -1.95. The molecule has 3 rings (SSSR count). The molecular weight excluding hydrogens is 262 g/mol. The highest BCUT2D eigenvalue weighted by Gasteiger charge is 2.24. The van der Waals surface area contributed by atoms with Crippen LogP contribution in [0.5, 0.6) is 17.2 Å².